The van der Waals surface area contributed by atoms with E-state index in [1.54, 1.807) is 4.68 Å². The van der Waals surface area contributed by atoms with Crippen molar-refractivity contribution < 1.29 is 4.74 Å². The number of aromatic nitrogens is 5. The van der Waals surface area contributed by atoms with Crippen molar-refractivity contribution in [3.8, 4) is 0 Å². The fourth-order valence-electron chi connectivity index (χ4n) is 3.12. The van der Waals surface area contributed by atoms with Gasteiger partial charge in [-0.05, 0) is 6.54 Å². The van der Waals surface area contributed by atoms with Crippen molar-refractivity contribution in [2.75, 3.05) is 26.2 Å². The van der Waals surface area contributed by atoms with Crippen LogP contribution in [0.3, 0.4) is 0 Å². The summed E-state index contributed by atoms with van der Waals surface area (Å²) in [6.45, 7) is 6.31. The van der Waals surface area contributed by atoms with E-state index in [-0.39, 0.29) is 12.1 Å². The first-order valence-electron chi connectivity index (χ1n) is 8.07. The Hall–Kier alpha value is -1.77. The van der Waals surface area contributed by atoms with Gasteiger partial charge >= 0.3 is 0 Å². The van der Waals surface area contributed by atoms with Crippen LogP contribution in [-0.2, 0) is 25.4 Å². The zero-order valence-electron chi connectivity index (χ0n) is 14.0. The van der Waals surface area contributed by atoms with Crippen molar-refractivity contribution in [1.29, 1.82) is 0 Å². The van der Waals surface area contributed by atoms with Crippen LogP contribution < -0.4 is 5.32 Å². The second kappa shape index (κ2) is 7.20. The lowest BCUT2D eigenvalue weighted by Crippen LogP contribution is -2.49. The summed E-state index contributed by atoms with van der Waals surface area (Å²) in [7, 11) is 3.91. The molecule has 1 N–H and O–H groups in total. The Morgan fingerprint density at radius 2 is 2.26 bits per heavy atom. The zero-order chi connectivity index (χ0) is 16.2. The minimum Gasteiger partial charge on any atom is -0.373 e. The molecule has 1 aliphatic rings. The molecule has 0 aliphatic carbocycles. The third kappa shape index (κ3) is 3.60. The molecule has 0 unspecified atom stereocenters. The minimum atomic E-state index is 0.0708. The Balaban J connectivity index is 1.66. The molecule has 8 heteroatoms. The van der Waals surface area contributed by atoms with Crippen molar-refractivity contribution in [1.82, 2.24) is 34.8 Å². The highest BCUT2D eigenvalue weighted by Gasteiger charge is 2.35. The summed E-state index contributed by atoms with van der Waals surface area (Å²) < 4.78 is 9.84. The first kappa shape index (κ1) is 16.1. The van der Waals surface area contributed by atoms with E-state index in [2.05, 4.69) is 37.0 Å². The quantitative estimate of drug-likeness (QED) is 0.814. The highest BCUT2D eigenvalue weighted by Crippen LogP contribution is 2.27. The third-order valence-corrected chi connectivity index (χ3v) is 4.29. The van der Waals surface area contributed by atoms with Gasteiger partial charge in [0.1, 0.15) is 5.82 Å². The Bertz CT molecular complexity index is 623. The molecule has 1 aliphatic heterocycles. The normalized spacial score (nSPS) is 22.6. The van der Waals surface area contributed by atoms with Gasteiger partial charge in [0.05, 0.1) is 24.4 Å². The molecule has 0 radical (unpaired) electrons. The largest absolute Gasteiger partial charge is 0.373 e. The number of ether oxygens (including phenoxy) is 1. The molecule has 0 amide bonds. The zero-order valence-corrected chi connectivity index (χ0v) is 14.0. The van der Waals surface area contributed by atoms with E-state index >= 15 is 0 Å². The van der Waals surface area contributed by atoms with Crippen LogP contribution in [0.5, 0.6) is 0 Å². The molecule has 0 bridgehead atoms. The number of imidazole rings is 1. The lowest BCUT2D eigenvalue weighted by Gasteiger charge is -2.40. The standard InChI is InChI=1S/C15H25N7O/c1-4-22-7-8-23-13(14(22)15-17-5-6-20(15)2)10-16-9-12-11-21(3)19-18-12/h5-6,11,13-14,16H,4,7-10H2,1-3H3/t13-,14+/m0/s1. The van der Waals surface area contributed by atoms with Crippen LogP contribution in [0.25, 0.3) is 0 Å². The van der Waals surface area contributed by atoms with Gasteiger partial charge in [-0.3, -0.25) is 9.58 Å². The van der Waals surface area contributed by atoms with Crippen molar-refractivity contribution in [3.05, 3.63) is 30.1 Å². The average Bonchev–Trinajstić information content (AvgIpc) is 3.15. The number of nitrogens with zero attached hydrogens (tertiary/aromatic N) is 6. The maximum absolute atomic E-state index is 6.05. The molecule has 8 nitrogen and oxygen atoms in total. The molecule has 3 heterocycles. The van der Waals surface area contributed by atoms with Crippen LogP contribution in [0, 0.1) is 0 Å². The van der Waals surface area contributed by atoms with Crippen molar-refractivity contribution in [3.63, 3.8) is 0 Å². The summed E-state index contributed by atoms with van der Waals surface area (Å²) >= 11 is 0. The Labute approximate surface area is 136 Å². The monoisotopic (exact) mass is 319 g/mol. The van der Waals surface area contributed by atoms with Gasteiger partial charge in [0.15, 0.2) is 0 Å². The average molecular weight is 319 g/mol. The molecule has 2 aromatic heterocycles. The van der Waals surface area contributed by atoms with Crippen LogP contribution >= 0.6 is 0 Å². The van der Waals surface area contributed by atoms with Gasteiger partial charge in [-0.25, -0.2) is 4.98 Å². The second-order valence-corrected chi connectivity index (χ2v) is 5.89. The fraction of sp³-hybridized carbons (Fsp3) is 0.667. The molecule has 126 valence electrons. The van der Waals surface area contributed by atoms with E-state index in [4.69, 9.17) is 4.74 Å². The maximum atomic E-state index is 6.05. The molecule has 2 atom stereocenters. The van der Waals surface area contributed by atoms with Gasteiger partial charge in [-0.2, -0.15) is 0 Å². The van der Waals surface area contributed by atoms with E-state index in [1.807, 2.05) is 32.7 Å². The van der Waals surface area contributed by atoms with Gasteiger partial charge in [0.2, 0.25) is 0 Å². The highest BCUT2D eigenvalue weighted by molar-refractivity contribution is 5.04. The highest BCUT2D eigenvalue weighted by atomic mass is 16.5. The van der Waals surface area contributed by atoms with Gasteiger partial charge in [-0.15, -0.1) is 5.10 Å². The van der Waals surface area contributed by atoms with Crippen molar-refractivity contribution >= 4 is 0 Å². The topological polar surface area (TPSA) is 73.0 Å². The van der Waals surface area contributed by atoms with Gasteiger partial charge in [-0.1, -0.05) is 12.1 Å². The number of hydrogen-bond donors (Lipinski definition) is 1. The molecule has 0 saturated carbocycles. The molecule has 3 rings (SSSR count). The predicted octanol–water partition coefficient (Wildman–Crippen LogP) is 0.100. The van der Waals surface area contributed by atoms with Crippen LogP contribution in [-0.4, -0.2) is 61.8 Å². The maximum Gasteiger partial charge on any atom is 0.128 e. The van der Waals surface area contributed by atoms with E-state index in [1.165, 1.54) is 0 Å². The molecule has 1 fully saturated rings. The predicted molar refractivity (Wildman–Crippen MR) is 85.6 cm³/mol. The summed E-state index contributed by atoms with van der Waals surface area (Å²) in [6.07, 6.45) is 5.83. The van der Waals surface area contributed by atoms with E-state index < -0.39 is 0 Å². The van der Waals surface area contributed by atoms with Crippen molar-refractivity contribution in [2.24, 2.45) is 14.1 Å². The first-order chi connectivity index (χ1) is 11.2. The molecule has 0 spiro atoms. The van der Waals surface area contributed by atoms with Crippen LogP contribution in [0.1, 0.15) is 24.5 Å². The van der Waals surface area contributed by atoms with Gasteiger partial charge < -0.3 is 14.6 Å². The van der Waals surface area contributed by atoms with Crippen molar-refractivity contribution in [2.45, 2.75) is 25.6 Å². The number of likely N-dealkylation sites (N-methyl/N-ethyl adjacent to an activating group) is 1. The SMILES string of the molecule is CCN1CCO[C@@H](CNCc2cn(C)nn2)[C@@H]1c1nccn1C. The lowest BCUT2D eigenvalue weighted by molar-refractivity contribution is -0.0730. The molecular weight excluding hydrogens is 294 g/mol. The van der Waals surface area contributed by atoms with Crippen LogP contribution in [0.4, 0.5) is 0 Å². The Morgan fingerprint density at radius 3 is 2.91 bits per heavy atom. The van der Waals surface area contributed by atoms with Crippen LogP contribution in [0.2, 0.25) is 0 Å². The number of hydrogen-bond acceptors (Lipinski definition) is 6. The summed E-state index contributed by atoms with van der Waals surface area (Å²) in [5.41, 5.74) is 0.934. The van der Waals surface area contributed by atoms with E-state index in [9.17, 15) is 0 Å². The second-order valence-electron chi connectivity index (χ2n) is 5.89. The number of rotatable bonds is 6. The number of nitrogens with one attached hydrogen (secondary N) is 1. The molecule has 1 saturated heterocycles. The number of morpholine rings is 1. The lowest BCUT2D eigenvalue weighted by atomic mass is 10.1. The number of aryl methyl sites for hydroxylation is 2. The van der Waals surface area contributed by atoms with Crippen LogP contribution in [0.15, 0.2) is 18.6 Å². The molecule has 0 aromatic carbocycles. The van der Waals surface area contributed by atoms with E-state index in [0.29, 0.717) is 6.54 Å². The molecule has 23 heavy (non-hydrogen) atoms. The fourth-order valence-corrected chi connectivity index (χ4v) is 3.12. The minimum absolute atomic E-state index is 0.0708. The Morgan fingerprint density at radius 1 is 1.39 bits per heavy atom. The summed E-state index contributed by atoms with van der Waals surface area (Å²) in [5.74, 6) is 1.05. The smallest absolute Gasteiger partial charge is 0.128 e. The van der Waals surface area contributed by atoms with E-state index in [0.717, 1.165) is 37.8 Å². The van der Waals surface area contributed by atoms with Gasteiger partial charge in [0, 0.05) is 52.3 Å². The third-order valence-electron chi connectivity index (χ3n) is 4.29. The summed E-state index contributed by atoms with van der Waals surface area (Å²) in [4.78, 5) is 6.98. The summed E-state index contributed by atoms with van der Waals surface area (Å²) in [5, 5.41) is 11.5. The summed E-state index contributed by atoms with van der Waals surface area (Å²) in [6, 6.07) is 0.170. The molecular formula is C15H25N7O. The van der Waals surface area contributed by atoms with Gasteiger partial charge in [0.25, 0.3) is 0 Å². The molecule has 2 aromatic rings. The first-order valence-corrected chi connectivity index (χ1v) is 8.07. The Kier molecular flexibility index (Phi) is 5.04.